The van der Waals surface area contributed by atoms with Crippen LogP contribution in [0, 0.1) is 5.92 Å². The highest BCUT2D eigenvalue weighted by molar-refractivity contribution is 6.01. The third-order valence-corrected chi connectivity index (χ3v) is 2.56. The van der Waals surface area contributed by atoms with Crippen LogP contribution in [0.2, 0.25) is 0 Å². The maximum absolute atomic E-state index is 9.77. The lowest BCUT2D eigenvalue weighted by Gasteiger charge is -2.23. The van der Waals surface area contributed by atoms with Gasteiger partial charge >= 0.3 is 0 Å². The van der Waals surface area contributed by atoms with Crippen molar-refractivity contribution in [1.29, 1.82) is 0 Å². The number of hydrogen-bond acceptors (Lipinski definition) is 3. The topological polar surface area (TPSA) is 35.8 Å². The molecule has 0 spiro atoms. The largest absolute Gasteiger partial charge is 0.506 e. The Morgan fingerprint density at radius 2 is 2.07 bits per heavy atom. The van der Waals surface area contributed by atoms with E-state index in [4.69, 9.17) is 0 Å². The van der Waals surface area contributed by atoms with E-state index in [0.29, 0.717) is 11.7 Å². The van der Waals surface area contributed by atoms with Gasteiger partial charge in [0, 0.05) is 12.5 Å². The Kier molecular flexibility index (Phi) is 2.62. The average molecular weight is 204 g/mol. The van der Waals surface area contributed by atoms with Crippen LogP contribution in [0.5, 0.6) is 5.75 Å². The quantitative estimate of drug-likeness (QED) is 0.802. The van der Waals surface area contributed by atoms with Crippen molar-refractivity contribution < 1.29 is 5.11 Å². The van der Waals surface area contributed by atoms with E-state index in [0.717, 1.165) is 24.6 Å². The molecule has 3 heteroatoms. The molecule has 0 saturated heterocycles. The SMILES string of the molecule is CC(C)C1=NCCN1c1ccccc1O. The Labute approximate surface area is 90.1 Å². The fourth-order valence-corrected chi connectivity index (χ4v) is 1.89. The number of benzene rings is 1. The van der Waals surface area contributed by atoms with Gasteiger partial charge in [-0.2, -0.15) is 0 Å². The van der Waals surface area contributed by atoms with Crippen molar-refractivity contribution in [2.24, 2.45) is 10.9 Å². The molecule has 0 saturated carbocycles. The van der Waals surface area contributed by atoms with Crippen LogP contribution in [0.3, 0.4) is 0 Å². The van der Waals surface area contributed by atoms with Gasteiger partial charge in [0.05, 0.1) is 12.2 Å². The van der Waals surface area contributed by atoms with Crippen molar-refractivity contribution in [3.05, 3.63) is 24.3 Å². The molecule has 0 amide bonds. The first-order valence-corrected chi connectivity index (χ1v) is 5.30. The first-order chi connectivity index (χ1) is 7.20. The van der Waals surface area contributed by atoms with Crippen molar-refractivity contribution in [3.63, 3.8) is 0 Å². The van der Waals surface area contributed by atoms with Gasteiger partial charge in [0.1, 0.15) is 11.6 Å². The second-order valence-electron chi connectivity index (χ2n) is 4.03. The molecule has 1 aromatic rings. The molecule has 0 aliphatic carbocycles. The van der Waals surface area contributed by atoms with E-state index >= 15 is 0 Å². The van der Waals surface area contributed by atoms with Gasteiger partial charge in [-0.1, -0.05) is 26.0 Å². The molecule has 15 heavy (non-hydrogen) atoms. The van der Waals surface area contributed by atoms with Gasteiger partial charge in [0.2, 0.25) is 0 Å². The predicted molar refractivity (Wildman–Crippen MR) is 62.6 cm³/mol. The van der Waals surface area contributed by atoms with Gasteiger partial charge in [-0.25, -0.2) is 0 Å². The van der Waals surface area contributed by atoms with Gasteiger partial charge in [-0.05, 0) is 12.1 Å². The molecule has 0 unspecified atom stereocenters. The molecule has 2 rings (SSSR count). The lowest BCUT2D eigenvalue weighted by Crippen LogP contribution is -2.30. The zero-order chi connectivity index (χ0) is 10.8. The van der Waals surface area contributed by atoms with Gasteiger partial charge in [-0.15, -0.1) is 0 Å². The number of aliphatic imine (C=N–C) groups is 1. The monoisotopic (exact) mass is 204 g/mol. The zero-order valence-electron chi connectivity index (χ0n) is 9.14. The van der Waals surface area contributed by atoms with E-state index in [1.54, 1.807) is 6.07 Å². The molecule has 0 aromatic heterocycles. The Morgan fingerprint density at radius 3 is 2.73 bits per heavy atom. The number of phenols is 1. The zero-order valence-corrected chi connectivity index (χ0v) is 9.14. The van der Waals surface area contributed by atoms with E-state index in [1.165, 1.54) is 0 Å². The molecule has 0 fully saturated rings. The molecule has 1 aromatic carbocycles. The molecule has 0 bridgehead atoms. The summed E-state index contributed by atoms with van der Waals surface area (Å²) in [6.07, 6.45) is 0. The first kappa shape index (κ1) is 10.0. The number of hydrogen-bond donors (Lipinski definition) is 1. The van der Waals surface area contributed by atoms with Crippen LogP contribution in [0.15, 0.2) is 29.3 Å². The predicted octanol–water partition coefficient (Wildman–Crippen LogP) is 2.27. The van der Waals surface area contributed by atoms with E-state index in [1.807, 2.05) is 18.2 Å². The second kappa shape index (κ2) is 3.93. The van der Waals surface area contributed by atoms with Crippen LogP contribution < -0.4 is 4.90 Å². The second-order valence-corrected chi connectivity index (χ2v) is 4.03. The number of nitrogens with zero attached hydrogens (tertiary/aromatic N) is 2. The lowest BCUT2D eigenvalue weighted by atomic mass is 10.1. The van der Waals surface area contributed by atoms with E-state index < -0.39 is 0 Å². The molecule has 1 aliphatic rings. The maximum Gasteiger partial charge on any atom is 0.139 e. The van der Waals surface area contributed by atoms with Crippen molar-refractivity contribution in [1.82, 2.24) is 0 Å². The van der Waals surface area contributed by atoms with Gasteiger partial charge < -0.3 is 10.0 Å². The summed E-state index contributed by atoms with van der Waals surface area (Å²) in [5.74, 6) is 1.79. The van der Waals surface area contributed by atoms with Gasteiger partial charge in [0.15, 0.2) is 0 Å². The molecule has 1 heterocycles. The van der Waals surface area contributed by atoms with Crippen LogP contribution in [-0.2, 0) is 0 Å². The Bertz CT molecular complexity index is 385. The average Bonchev–Trinajstić information content (AvgIpc) is 2.67. The molecule has 1 aliphatic heterocycles. The summed E-state index contributed by atoms with van der Waals surface area (Å²) in [5.41, 5.74) is 0.863. The first-order valence-electron chi connectivity index (χ1n) is 5.30. The van der Waals surface area contributed by atoms with Crippen molar-refractivity contribution in [3.8, 4) is 5.75 Å². The lowest BCUT2D eigenvalue weighted by molar-refractivity contribution is 0.476. The van der Waals surface area contributed by atoms with Crippen molar-refractivity contribution in [2.75, 3.05) is 18.0 Å². The van der Waals surface area contributed by atoms with Gasteiger partial charge in [0.25, 0.3) is 0 Å². The number of amidine groups is 1. The minimum atomic E-state index is 0.327. The smallest absolute Gasteiger partial charge is 0.139 e. The summed E-state index contributed by atoms with van der Waals surface area (Å²) < 4.78 is 0. The Hall–Kier alpha value is -1.51. The van der Waals surface area contributed by atoms with Crippen molar-refractivity contribution >= 4 is 11.5 Å². The molecular weight excluding hydrogens is 188 g/mol. The summed E-state index contributed by atoms with van der Waals surface area (Å²) in [5, 5.41) is 9.77. The summed E-state index contributed by atoms with van der Waals surface area (Å²) in [7, 11) is 0. The molecule has 0 radical (unpaired) electrons. The fraction of sp³-hybridized carbons (Fsp3) is 0.417. The van der Waals surface area contributed by atoms with Gasteiger partial charge in [-0.3, -0.25) is 4.99 Å². The minimum Gasteiger partial charge on any atom is -0.506 e. The standard InChI is InChI=1S/C12H16N2O/c1-9(2)12-13-7-8-14(12)10-5-3-4-6-11(10)15/h3-6,9,15H,7-8H2,1-2H3. The Balaban J connectivity index is 2.33. The van der Waals surface area contributed by atoms with Crippen LogP contribution >= 0.6 is 0 Å². The highest BCUT2D eigenvalue weighted by Crippen LogP contribution is 2.29. The number of para-hydroxylation sites is 2. The van der Waals surface area contributed by atoms with Crippen LogP contribution in [-0.4, -0.2) is 24.0 Å². The number of aromatic hydroxyl groups is 1. The van der Waals surface area contributed by atoms with E-state index in [-0.39, 0.29) is 0 Å². The van der Waals surface area contributed by atoms with Crippen LogP contribution in [0.1, 0.15) is 13.8 Å². The van der Waals surface area contributed by atoms with Crippen molar-refractivity contribution in [2.45, 2.75) is 13.8 Å². The summed E-state index contributed by atoms with van der Waals surface area (Å²) >= 11 is 0. The summed E-state index contributed by atoms with van der Waals surface area (Å²) in [6.45, 7) is 5.93. The summed E-state index contributed by atoms with van der Waals surface area (Å²) in [4.78, 5) is 6.56. The maximum atomic E-state index is 9.77. The molecule has 3 nitrogen and oxygen atoms in total. The highest BCUT2D eigenvalue weighted by Gasteiger charge is 2.22. The van der Waals surface area contributed by atoms with E-state index in [9.17, 15) is 5.11 Å². The summed E-state index contributed by atoms with van der Waals surface area (Å²) in [6, 6.07) is 7.41. The number of anilines is 1. The third-order valence-electron chi connectivity index (χ3n) is 2.56. The third kappa shape index (κ3) is 1.82. The molecule has 1 N–H and O–H groups in total. The normalized spacial score (nSPS) is 15.9. The molecular formula is C12H16N2O. The van der Waals surface area contributed by atoms with E-state index in [2.05, 4.69) is 23.7 Å². The minimum absolute atomic E-state index is 0.327. The Morgan fingerprint density at radius 1 is 1.33 bits per heavy atom. The molecule has 80 valence electrons. The number of rotatable bonds is 2. The van der Waals surface area contributed by atoms with Crippen LogP contribution in [0.4, 0.5) is 5.69 Å². The van der Waals surface area contributed by atoms with Crippen LogP contribution in [0.25, 0.3) is 0 Å². The number of phenolic OH excluding ortho intramolecular Hbond substituents is 1. The molecule has 0 atom stereocenters. The fourth-order valence-electron chi connectivity index (χ4n) is 1.89. The highest BCUT2D eigenvalue weighted by atomic mass is 16.3.